The van der Waals surface area contributed by atoms with Crippen LogP contribution in [-0.2, 0) is 17.9 Å². The van der Waals surface area contributed by atoms with Gasteiger partial charge in [-0.15, -0.1) is 0 Å². The number of morpholine rings is 1. The maximum Gasteiger partial charge on any atom is 0.251 e. The molecule has 30 heavy (non-hydrogen) atoms. The van der Waals surface area contributed by atoms with E-state index in [2.05, 4.69) is 20.2 Å². The molecule has 0 radical (unpaired) electrons. The van der Waals surface area contributed by atoms with Crippen molar-refractivity contribution in [1.82, 2.24) is 15.3 Å². The Kier molecular flexibility index (Phi) is 6.51. The van der Waals surface area contributed by atoms with E-state index in [1.807, 2.05) is 24.3 Å². The Hall–Kier alpha value is -3.45. The number of carbonyl (C=O) groups excluding carboxylic acids is 1. The van der Waals surface area contributed by atoms with Gasteiger partial charge in [0.1, 0.15) is 18.2 Å². The number of nitrogens with one attached hydrogen (secondary N) is 1. The van der Waals surface area contributed by atoms with Gasteiger partial charge in [0.2, 0.25) is 0 Å². The molecule has 1 saturated heterocycles. The Bertz CT molecular complexity index is 940. The molecular weight excluding hydrogens is 380 g/mol. The van der Waals surface area contributed by atoms with Gasteiger partial charge in [0.15, 0.2) is 0 Å². The van der Waals surface area contributed by atoms with Gasteiger partial charge in [0.25, 0.3) is 5.91 Å². The number of hydrogen-bond donors (Lipinski definition) is 1. The van der Waals surface area contributed by atoms with Gasteiger partial charge >= 0.3 is 0 Å². The van der Waals surface area contributed by atoms with Crippen LogP contribution in [0.2, 0.25) is 0 Å². The standard InChI is InChI=1S/C23H24N4O3/c28-23(20-4-6-21(7-5-20)30-17-19-2-1-9-24-14-19)26-16-18-3-8-22(25-15-18)27-10-12-29-13-11-27/h1-9,14-15H,10-13,16-17H2,(H,26,28). The molecule has 1 aliphatic heterocycles. The number of anilines is 1. The fourth-order valence-corrected chi connectivity index (χ4v) is 3.14. The Balaban J connectivity index is 1.26. The zero-order chi connectivity index (χ0) is 20.6. The summed E-state index contributed by atoms with van der Waals surface area (Å²) in [4.78, 5) is 23.2. The van der Waals surface area contributed by atoms with E-state index >= 15 is 0 Å². The minimum atomic E-state index is -0.133. The number of hydrogen-bond acceptors (Lipinski definition) is 6. The summed E-state index contributed by atoms with van der Waals surface area (Å²) < 4.78 is 11.1. The van der Waals surface area contributed by atoms with Crippen LogP contribution >= 0.6 is 0 Å². The molecule has 154 valence electrons. The smallest absolute Gasteiger partial charge is 0.251 e. The second-order valence-electron chi connectivity index (χ2n) is 6.98. The number of benzene rings is 1. The summed E-state index contributed by atoms with van der Waals surface area (Å²) in [6, 6.07) is 14.9. The van der Waals surface area contributed by atoms with E-state index in [-0.39, 0.29) is 5.91 Å². The lowest BCUT2D eigenvalue weighted by molar-refractivity contribution is 0.0951. The van der Waals surface area contributed by atoms with Crippen molar-refractivity contribution in [2.45, 2.75) is 13.2 Å². The van der Waals surface area contributed by atoms with E-state index in [1.54, 1.807) is 42.9 Å². The van der Waals surface area contributed by atoms with Crippen LogP contribution in [0.5, 0.6) is 5.75 Å². The van der Waals surface area contributed by atoms with Crippen molar-refractivity contribution in [3.05, 3.63) is 83.8 Å². The predicted molar refractivity (Wildman–Crippen MR) is 113 cm³/mol. The third kappa shape index (κ3) is 5.33. The Morgan fingerprint density at radius 1 is 1.03 bits per heavy atom. The molecule has 3 heterocycles. The van der Waals surface area contributed by atoms with E-state index in [0.717, 1.165) is 43.2 Å². The van der Waals surface area contributed by atoms with Crippen LogP contribution in [0.15, 0.2) is 67.1 Å². The van der Waals surface area contributed by atoms with E-state index in [0.29, 0.717) is 24.5 Å². The number of aromatic nitrogens is 2. The zero-order valence-corrected chi connectivity index (χ0v) is 16.7. The number of pyridine rings is 2. The van der Waals surface area contributed by atoms with E-state index in [9.17, 15) is 4.79 Å². The highest BCUT2D eigenvalue weighted by Gasteiger charge is 2.12. The van der Waals surface area contributed by atoms with Crippen molar-refractivity contribution in [2.24, 2.45) is 0 Å². The van der Waals surface area contributed by atoms with Gasteiger partial charge in [-0.05, 0) is 42.0 Å². The fourth-order valence-electron chi connectivity index (χ4n) is 3.14. The van der Waals surface area contributed by atoms with Crippen molar-refractivity contribution in [3.63, 3.8) is 0 Å². The molecule has 7 nitrogen and oxygen atoms in total. The third-order valence-electron chi connectivity index (χ3n) is 4.84. The summed E-state index contributed by atoms with van der Waals surface area (Å²) >= 11 is 0. The molecule has 0 saturated carbocycles. The molecule has 1 fully saturated rings. The van der Waals surface area contributed by atoms with Gasteiger partial charge in [0.05, 0.1) is 13.2 Å². The lowest BCUT2D eigenvalue weighted by Gasteiger charge is -2.27. The quantitative estimate of drug-likeness (QED) is 0.653. The van der Waals surface area contributed by atoms with Gasteiger partial charge in [-0.2, -0.15) is 0 Å². The number of nitrogens with zero attached hydrogens (tertiary/aromatic N) is 3. The van der Waals surface area contributed by atoms with Crippen LogP contribution in [0.25, 0.3) is 0 Å². The molecule has 0 atom stereocenters. The summed E-state index contributed by atoms with van der Waals surface area (Å²) in [7, 11) is 0. The minimum absolute atomic E-state index is 0.133. The Morgan fingerprint density at radius 3 is 2.57 bits per heavy atom. The average molecular weight is 404 g/mol. The second kappa shape index (κ2) is 9.84. The first-order valence-electron chi connectivity index (χ1n) is 9.95. The summed E-state index contributed by atoms with van der Waals surface area (Å²) in [5, 5.41) is 2.93. The van der Waals surface area contributed by atoms with Crippen molar-refractivity contribution >= 4 is 11.7 Å². The van der Waals surface area contributed by atoms with Crippen LogP contribution in [0.3, 0.4) is 0 Å². The lowest BCUT2D eigenvalue weighted by Crippen LogP contribution is -2.36. The van der Waals surface area contributed by atoms with Crippen LogP contribution in [0, 0.1) is 0 Å². The maximum atomic E-state index is 12.4. The third-order valence-corrected chi connectivity index (χ3v) is 4.84. The highest BCUT2D eigenvalue weighted by Crippen LogP contribution is 2.15. The first-order chi connectivity index (χ1) is 14.8. The van der Waals surface area contributed by atoms with Crippen LogP contribution < -0.4 is 15.0 Å². The molecule has 0 bridgehead atoms. The highest BCUT2D eigenvalue weighted by atomic mass is 16.5. The van der Waals surface area contributed by atoms with E-state index < -0.39 is 0 Å². The molecule has 1 amide bonds. The molecule has 2 aromatic heterocycles. The molecule has 1 aromatic carbocycles. The normalized spacial score (nSPS) is 13.7. The molecular formula is C23H24N4O3. The second-order valence-corrected chi connectivity index (χ2v) is 6.98. The number of rotatable bonds is 7. The summed E-state index contributed by atoms with van der Waals surface area (Å²) in [5.74, 6) is 1.51. The molecule has 7 heteroatoms. The van der Waals surface area contributed by atoms with Gasteiger partial charge in [-0.3, -0.25) is 9.78 Å². The monoisotopic (exact) mass is 404 g/mol. The molecule has 0 aliphatic carbocycles. The highest BCUT2D eigenvalue weighted by molar-refractivity contribution is 5.94. The molecule has 0 spiro atoms. The van der Waals surface area contributed by atoms with Gasteiger partial charge in [-0.1, -0.05) is 12.1 Å². The number of carbonyl (C=O) groups is 1. The van der Waals surface area contributed by atoms with Gasteiger partial charge in [0, 0.05) is 49.4 Å². The summed E-state index contributed by atoms with van der Waals surface area (Å²) in [6.07, 6.45) is 5.30. The zero-order valence-electron chi connectivity index (χ0n) is 16.7. The molecule has 1 aliphatic rings. The Labute approximate surface area is 175 Å². The Morgan fingerprint density at radius 2 is 1.87 bits per heavy atom. The summed E-state index contributed by atoms with van der Waals surface area (Å²) in [6.45, 7) is 4.02. The number of amides is 1. The SMILES string of the molecule is O=C(NCc1ccc(N2CCOCC2)nc1)c1ccc(OCc2cccnc2)cc1. The molecule has 1 N–H and O–H groups in total. The summed E-state index contributed by atoms with van der Waals surface area (Å²) in [5.41, 5.74) is 2.53. The molecule has 0 unspecified atom stereocenters. The maximum absolute atomic E-state index is 12.4. The van der Waals surface area contributed by atoms with E-state index in [1.165, 1.54) is 0 Å². The first-order valence-corrected chi connectivity index (χ1v) is 9.95. The topological polar surface area (TPSA) is 76.6 Å². The van der Waals surface area contributed by atoms with Crippen LogP contribution in [-0.4, -0.2) is 42.2 Å². The largest absolute Gasteiger partial charge is 0.489 e. The van der Waals surface area contributed by atoms with Crippen LogP contribution in [0.4, 0.5) is 5.82 Å². The van der Waals surface area contributed by atoms with Crippen molar-refractivity contribution in [1.29, 1.82) is 0 Å². The van der Waals surface area contributed by atoms with Crippen LogP contribution in [0.1, 0.15) is 21.5 Å². The van der Waals surface area contributed by atoms with Crippen molar-refractivity contribution < 1.29 is 14.3 Å². The van der Waals surface area contributed by atoms with Gasteiger partial charge < -0.3 is 19.7 Å². The lowest BCUT2D eigenvalue weighted by atomic mass is 10.2. The first kappa shape index (κ1) is 19.8. The average Bonchev–Trinajstić information content (AvgIpc) is 2.83. The van der Waals surface area contributed by atoms with Crippen molar-refractivity contribution in [3.8, 4) is 5.75 Å². The predicted octanol–water partition coefficient (Wildman–Crippen LogP) is 2.82. The van der Waals surface area contributed by atoms with Crippen molar-refractivity contribution in [2.75, 3.05) is 31.2 Å². The molecule has 3 aromatic rings. The minimum Gasteiger partial charge on any atom is -0.489 e. The van der Waals surface area contributed by atoms with Gasteiger partial charge in [-0.25, -0.2) is 4.98 Å². The van der Waals surface area contributed by atoms with E-state index in [4.69, 9.17) is 9.47 Å². The fraction of sp³-hybridized carbons (Fsp3) is 0.261. The number of ether oxygens (including phenoxy) is 2. The molecule has 4 rings (SSSR count).